The smallest absolute Gasteiger partial charge is 0.407 e. The average molecular weight is 514 g/mol. The van der Waals surface area contributed by atoms with Crippen LogP contribution in [0.25, 0.3) is 0 Å². The van der Waals surface area contributed by atoms with Crippen molar-refractivity contribution in [2.24, 2.45) is 5.92 Å². The number of carbonyl (C=O) groups excluding carboxylic acids is 1. The van der Waals surface area contributed by atoms with Crippen LogP contribution in [-0.4, -0.2) is 73.7 Å². The van der Waals surface area contributed by atoms with Crippen LogP contribution in [-0.2, 0) is 32.0 Å². The van der Waals surface area contributed by atoms with E-state index in [1.807, 2.05) is 75.5 Å². The summed E-state index contributed by atoms with van der Waals surface area (Å²) in [6, 6.07) is 17.2. The number of fused-ring (bicyclic) bond motifs is 1. The van der Waals surface area contributed by atoms with Crippen molar-refractivity contribution in [3.8, 4) is 0 Å². The number of ether oxygens (including phenoxy) is 3. The molecule has 37 heavy (non-hydrogen) atoms. The third-order valence-electron chi connectivity index (χ3n) is 6.63. The summed E-state index contributed by atoms with van der Waals surface area (Å²) >= 11 is 0. The van der Waals surface area contributed by atoms with Crippen LogP contribution in [0.15, 0.2) is 54.6 Å². The molecule has 4 rings (SSSR count). The van der Waals surface area contributed by atoms with Gasteiger partial charge in [0.1, 0.15) is 6.10 Å². The minimum Gasteiger partial charge on any atom is -0.443 e. The summed E-state index contributed by atoms with van der Waals surface area (Å²) in [5.41, 5.74) is 3.04. The van der Waals surface area contributed by atoms with E-state index in [0.717, 1.165) is 23.2 Å². The van der Waals surface area contributed by atoms with Gasteiger partial charge in [0.25, 0.3) is 0 Å². The second-order valence-corrected chi connectivity index (χ2v) is 9.90. The zero-order valence-corrected chi connectivity index (χ0v) is 21.8. The Hall–Kier alpha value is -2.69. The predicted molar refractivity (Wildman–Crippen MR) is 140 cm³/mol. The number of nitrogens with one attached hydrogen (secondary N) is 2. The largest absolute Gasteiger partial charge is 0.443 e. The Labute approximate surface area is 219 Å². The molecule has 1 amide bonds. The lowest BCUT2D eigenvalue weighted by molar-refractivity contribution is -0.207. The van der Waals surface area contributed by atoms with Gasteiger partial charge in [0.2, 0.25) is 0 Å². The number of benzene rings is 2. The Morgan fingerprint density at radius 2 is 1.92 bits per heavy atom. The molecule has 2 aromatic rings. The summed E-state index contributed by atoms with van der Waals surface area (Å²) in [6.45, 7) is 5.50. The zero-order valence-electron chi connectivity index (χ0n) is 21.8. The van der Waals surface area contributed by atoms with Crippen molar-refractivity contribution in [1.29, 1.82) is 0 Å². The van der Waals surface area contributed by atoms with Gasteiger partial charge in [-0.25, -0.2) is 4.79 Å². The lowest BCUT2D eigenvalue weighted by atomic mass is 10.0. The quantitative estimate of drug-likeness (QED) is 0.372. The Balaban J connectivity index is 1.43. The number of anilines is 1. The highest BCUT2D eigenvalue weighted by atomic mass is 16.7. The molecule has 5 atom stereocenters. The highest BCUT2D eigenvalue weighted by Crippen LogP contribution is 2.33. The maximum absolute atomic E-state index is 12.9. The molecule has 2 fully saturated rings. The number of amides is 1. The first-order valence-electron chi connectivity index (χ1n) is 13.0. The Kier molecular flexibility index (Phi) is 9.76. The first kappa shape index (κ1) is 27.3. The zero-order chi connectivity index (χ0) is 26.2. The van der Waals surface area contributed by atoms with Crippen LogP contribution in [0.2, 0.25) is 0 Å². The average Bonchev–Trinajstić information content (AvgIpc) is 3.49. The summed E-state index contributed by atoms with van der Waals surface area (Å²) in [5, 5.41) is 19.2. The number of aliphatic hydroxyl groups is 1. The van der Waals surface area contributed by atoms with Gasteiger partial charge in [-0.2, -0.15) is 5.06 Å². The number of nitrogens with zero attached hydrogens (tertiary/aromatic N) is 1. The molecule has 0 saturated carbocycles. The second-order valence-electron chi connectivity index (χ2n) is 9.90. The molecular weight excluding hydrogens is 474 g/mol. The first-order chi connectivity index (χ1) is 17.9. The molecule has 3 N–H and O–H groups in total. The fraction of sp³-hybridized carbons (Fsp3) is 0.536. The number of hydrogen-bond donors (Lipinski definition) is 3. The van der Waals surface area contributed by atoms with E-state index in [1.54, 1.807) is 5.06 Å². The van der Waals surface area contributed by atoms with Gasteiger partial charge in [-0.15, -0.1) is 0 Å². The van der Waals surface area contributed by atoms with Crippen molar-refractivity contribution >= 4 is 11.8 Å². The molecule has 9 nitrogen and oxygen atoms in total. The topological polar surface area (TPSA) is 102 Å². The number of rotatable bonds is 12. The summed E-state index contributed by atoms with van der Waals surface area (Å²) in [4.78, 5) is 19.0. The summed E-state index contributed by atoms with van der Waals surface area (Å²) < 4.78 is 16.8. The van der Waals surface area contributed by atoms with Crippen molar-refractivity contribution in [1.82, 2.24) is 10.4 Å². The van der Waals surface area contributed by atoms with Gasteiger partial charge in [0, 0.05) is 19.3 Å². The minimum atomic E-state index is -0.915. The summed E-state index contributed by atoms with van der Waals surface area (Å²) in [5.74, 6) is 0.0477. The molecule has 2 saturated heterocycles. The Morgan fingerprint density at radius 3 is 2.68 bits per heavy atom. The van der Waals surface area contributed by atoms with Crippen molar-refractivity contribution in [3.63, 3.8) is 0 Å². The predicted octanol–water partition coefficient (Wildman–Crippen LogP) is 3.33. The van der Waals surface area contributed by atoms with Gasteiger partial charge < -0.3 is 30.0 Å². The molecule has 2 aliphatic heterocycles. The number of carbonyl (C=O) groups is 1. The van der Waals surface area contributed by atoms with E-state index in [0.29, 0.717) is 26.2 Å². The maximum Gasteiger partial charge on any atom is 0.407 e. The third-order valence-corrected chi connectivity index (χ3v) is 6.63. The molecule has 5 unspecified atom stereocenters. The molecule has 9 heteroatoms. The second kappa shape index (κ2) is 13.2. The fourth-order valence-corrected chi connectivity index (χ4v) is 4.83. The van der Waals surface area contributed by atoms with Crippen molar-refractivity contribution < 1.29 is 28.9 Å². The number of aliphatic hydroxyl groups excluding tert-OH is 1. The fourth-order valence-electron chi connectivity index (χ4n) is 4.83. The highest BCUT2D eigenvalue weighted by Gasteiger charge is 2.44. The van der Waals surface area contributed by atoms with Crippen LogP contribution in [0, 0.1) is 5.92 Å². The highest BCUT2D eigenvalue weighted by molar-refractivity contribution is 5.68. The van der Waals surface area contributed by atoms with Gasteiger partial charge in [-0.1, -0.05) is 42.5 Å². The van der Waals surface area contributed by atoms with Gasteiger partial charge in [-0.05, 0) is 49.9 Å². The van der Waals surface area contributed by atoms with Crippen molar-refractivity contribution in [3.05, 3.63) is 65.7 Å². The van der Waals surface area contributed by atoms with E-state index in [9.17, 15) is 9.90 Å². The molecule has 0 spiro atoms. The normalized spacial score (nSPS) is 22.6. The van der Waals surface area contributed by atoms with Crippen LogP contribution in [0.5, 0.6) is 0 Å². The molecule has 0 bridgehead atoms. The van der Waals surface area contributed by atoms with Gasteiger partial charge in [0.15, 0.2) is 6.29 Å². The lowest BCUT2D eigenvalue weighted by Crippen LogP contribution is -2.50. The number of alkyl carbamates (subject to hydrolysis) is 1. The van der Waals surface area contributed by atoms with Crippen molar-refractivity contribution in [2.45, 2.75) is 63.9 Å². The van der Waals surface area contributed by atoms with Crippen LogP contribution < -0.4 is 10.6 Å². The van der Waals surface area contributed by atoms with Crippen LogP contribution >= 0.6 is 0 Å². The SMILES string of the molecule is CNc1cccc(CN(CC(O)C(Cc2ccccc2)NC(=O)OC2COC3OCCC23)OC(C)C)c1. The summed E-state index contributed by atoms with van der Waals surface area (Å²) in [7, 11) is 1.88. The standard InChI is InChI=1S/C28H39N3O6/c1-19(2)37-31(16-21-10-7-11-22(14-21)29-3)17-25(32)24(15-20-8-5-4-6-9-20)30-28(33)36-26-18-35-27-23(26)12-13-34-27/h4-11,14,19,23-27,29,32H,12-13,15-18H2,1-3H3,(H,30,33). The van der Waals surface area contributed by atoms with Crippen LogP contribution in [0.4, 0.5) is 10.5 Å². The van der Waals surface area contributed by atoms with Crippen molar-refractivity contribution in [2.75, 3.05) is 32.1 Å². The Morgan fingerprint density at radius 1 is 1.14 bits per heavy atom. The van der Waals surface area contributed by atoms with Crippen LogP contribution in [0.1, 0.15) is 31.4 Å². The molecular formula is C28H39N3O6. The lowest BCUT2D eigenvalue weighted by Gasteiger charge is -2.31. The number of hydroxylamine groups is 2. The van der Waals surface area contributed by atoms with E-state index in [1.165, 1.54) is 0 Å². The third kappa shape index (κ3) is 7.90. The van der Waals surface area contributed by atoms with Gasteiger partial charge in [0.05, 0.1) is 43.9 Å². The molecule has 0 aliphatic carbocycles. The molecule has 2 aromatic carbocycles. The molecule has 2 heterocycles. The maximum atomic E-state index is 12.9. The molecule has 202 valence electrons. The molecule has 2 aliphatic rings. The van der Waals surface area contributed by atoms with E-state index in [-0.39, 0.29) is 31.0 Å². The molecule has 0 radical (unpaired) electrons. The van der Waals surface area contributed by atoms with E-state index < -0.39 is 18.2 Å². The van der Waals surface area contributed by atoms with Crippen LogP contribution in [0.3, 0.4) is 0 Å². The number of hydrogen-bond acceptors (Lipinski definition) is 8. The summed E-state index contributed by atoms with van der Waals surface area (Å²) in [6.07, 6.45) is -0.976. The first-order valence-corrected chi connectivity index (χ1v) is 13.0. The monoisotopic (exact) mass is 513 g/mol. The minimum absolute atomic E-state index is 0.0477. The molecule has 0 aromatic heterocycles. The van der Waals surface area contributed by atoms with Gasteiger partial charge in [-0.3, -0.25) is 4.84 Å². The Bertz CT molecular complexity index is 991. The van der Waals surface area contributed by atoms with E-state index in [4.69, 9.17) is 19.0 Å². The van der Waals surface area contributed by atoms with E-state index >= 15 is 0 Å². The van der Waals surface area contributed by atoms with Gasteiger partial charge >= 0.3 is 6.09 Å². The van der Waals surface area contributed by atoms with E-state index in [2.05, 4.69) is 10.6 Å².